The zero-order valence-corrected chi connectivity index (χ0v) is 11.9. The monoisotopic (exact) mass is 272 g/mol. The summed E-state index contributed by atoms with van der Waals surface area (Å²) in [6.07, 6.45) is 0. The molecule has 0 radical (unpaired) electrons. The molecule has 18 heavy (non-hydrogen) atoms. The normalized spacial score (nSPS) is 22.3. The molecule has 0 aliphatic carbocycles. The van der Waals surface area contributed by atoms with E-state index < -0.39 is 10.0 Å². The van der Waals surface area contributed by atoms with E-state index >= 15 is 0 Å². The zero-order chi connectivity index (χ0) is 13.3. The van der Waals surface area contributed by atoms with Gasteiger partial charge in [-0.3, -0.25) is 4.68 Å². The van der Waals surface area contributed by atoms with E-state index in [1.807, 2.05) is 20.8 Å². The predicted octanol–water partition coefficient (Wildman–Crippen LogP) is 0.194. The Balaban J connectivity index is 2.40. The van der Waals surface area contributed by atoms with Gasteiger partial charge in [-0.15, -0.1) is 0 Å². The summed E-state index contributed by atoms with van der Waals surface area (Å²) in [5, 5.41) is 7.71. The van der Waals surface area contributed by atoms with Crippen LogP contribution in [0.2, 0.25) is 0 Å². The summed E-state index contributed by atoms with van der Waals surface area (Å²) < 4.78 is 28.4. The number of nitrogens with zero attached hydrogens (tertiary/aromatic N) is 3. The van der Waals surface area contributed by atoms with E-state index in [1.165, 1.54) is 0 Å². The molecule has 0 amide bonds. The highest BCUT2D eigenvalue weighted by Gasteiger charge is 2.33. The van der Waals surface area contributed by atoms with Crippen molar-refractivity contribution in [3.8, 4) is 0 Å². The minimum atomic E-state index is -3.44. The van der Waals surface area contributed by atoms with E-state index in [2.05, 4.69) is 10.4 Å². The van der Waals surface area contributed by atoms with Crippen LogP contribution in [0.15, 0.2) is 11.1 Å². The van der Waals surface area contributed by atoms with Crippen LogP contribution in [-0.2, 0) is 16.6 Å². The molecule has 0 bridgehead atoms. The molecule has 1 unspecified atom stereocenters. The maximum Gasteiger partial charge on any atom is 0.260 e. The number of hydrogen-bond donors (Lipinski definition) is 1. The molecule has 2 rings (SSSR count). The van der Waals surface area contributed by atoms with Crippen LogP contribution < -0.4 is 5.32 Å². The van der Waals surface area contributed by atoms with Gasteiger partial charge in [0.25, 0.3) is 10.0 Å². The number of aryl methyl sites for hydroxylation is 2. The van der Waals surface area contributed by atoms with E-state index in [4.69, 9.17) is 0 Å². The van der Waals surface area contributed by atoms with Gasteiger partial charge in [0.2, 0.25) is 0 Å². The van der Waals surface area contributed by atoms with Gasteiger partial charge in [0.15, 0.2) is 5.03 Å². The lowest BCUT2D eigenvalue weighted by molar-refractivity contribution is 0.281. The number of sulfonamides is 1. The summed E-state index contributed by atoms with van der Waals surface area (Å²) in [4.78, 5) is 0. The molecule has 0 saturated carbocycles. The number of nitrogens with one attached hydrogen (secondary N) is 1. The Bertz CT molecular complexity index is 523. The average Bonchev–Trinajstić information content (AvgIpc) is 2.71. The molecule has 1 aliphatic heterocycles. The van der Waals surface area contributed by atoms with Gasteiger partial charge in [-0.2, -0.15) is 9.40 Å². The lowest BCUT2D eigenvalue weighted by Gasteiger charge is -2.32. The van der Waals surface area contributed by atoms with Gasteiger partial charge in [-0.1, -0.05) is 0 Å². The van der Waals surface area contributed by atoms with Crippen molar-refractivity contribution < 1.29 is 8.42 Å². The van der Waals surface area contributed by atoms with Crippen LogP contribution in [0.5, 0.6) is 0 Å². The molecule has 1 N–H and O–H groups in total. The summed E-state index contributed by atoms with van der Waals surface area (Å²) in [6, 6.07) is 1.62. The van der Waals surface area contributed by atoms with Crippen LogP contribution in [0.4, 0.5) is 0 Å². The molecule has 1 atom stereocenters. The highest BCUT2D eigenvalue weighted by atomic mass is 32.2. The van der Waals surface area contributed by atoms with Crippen LogP contribution in [0, 0.1) is 6.92 Å². The fourth-order valence-electron chi connectivity index (χ4n) is 2.26. The second-order valence-electron chi connectivity index (χ2n) is 4.61. The van der Waals surface area contributed by atoms with Crippen molar-refractivity contribution in [2.75, 3.05) is 19.6 Å². The number of hydrogen-bond acceptors (Lipinski definition) is 4. The first-order valence-electron chi connectivity index (χ1n) is 6.24. The van der Waals surface area contributed by atoms with Crippen LogP contribution in [0.3, 0.4) is 0 Å². The van der Waals surface area contributed by atoms with Crippen LogP contribution in [-0.4, -0.2) is 48.2 Å². The quantitative estimate of drug-likeness (QED) is 0.853. The van der Waals surface area contributed by atoms with Crippen molar-refractivity contribution in [3.63, 3.8) is 0 Å². The Morgan fingerprint density at radius 3 is 2.89 bits per heavy atom. The van der Waals surface area contributed by atoms with E-state index in [9.17, 15) is 8.42 Å². The van der Waals surface area contributed by atoms with E-state index in [0.29, 0.717) is 31.2 Å². The molecule has 2 heterocycles. The van der Waals surface area contributed by atoms with Crippen molar-refractivity contribution >= 4 is 10.0 Å². The molecular weight excluding hydrogens is 252 g/mol. The summed E-state index contributed by atoms with van der Waals surface area (Å²) >= 11 is 0. The number of rotatable bonds is 3. The molecule has 1 aromatic rings. The molecule has 6 nitrogen and oxygen atoms in total. The Labute approximate surface area is 108 Å². The first-order chi connectivity index (χ1) is 8.46. The molecule has 0 spiro atoms. The Morgan fingerprint density at radius 1 is 1.56 bits per heavy atom. The largest absolute Gasteiger partial charge is 0.314 e. The van der Waals surface area contributed by atoms with Crippen molar-refractivity contribution in [2.24, 2.45) is 0 Å². The predicted molar refractivity (Wildman–Crippen MR) is 68.9 cm³/mol. The highest BCUT2D eigenvalue weighted by molar-refractivity contribution is 7.89. The molecule has 0 aromatic carbocycles. The van der Waals surface area contributed by atoms with E-state index in [0.717, 1.165) is 5.69 Å². The minimum Gasteiger partial charge on any atom is -0.314 e. The SMILES string of the molecule is CCn1nc(C)cc1S(=O)(=O)N1CCNCC1C. The third kappa shape index (κ3) is 2.30. The molecule has 102 valence electrons. The highest BCUT2D eigenvalue weighted by Crippen LogP contribution is 2.20. The van der Waals surface area contributed by atoms with Crippen molar-refractivity contribution in [1.29, 1.82) is 0 Å². The zero-order valence-electron chi connectivity index (χ0n) is 11.0. The first kappa shape index (κ1) is 13.5. The standard InChI is InChI=1S/C11H20N4O2S/c1-4-14-11(7-9(2)13-14)18(16,17)15-6-5-12-8-10(15)3/h7,10,12H,4-6,8H2,1-3H3. The van der Waals surface area contributed by atoms with Gasteiger partial charge in [-0.05, 0) is 26.8 Å². The second kappa shape index (κ2) is 4.99. The molecule has 1 saturated heterocycles. The summed E-state index contributed by atoms with van der Waals surface area (Å²) in [7, 11) is -3.44. The van der Waals surface area contributed by atoms with Crippen molar-refractivity contribution in [2.45, 2.75) is 38.4 Å². The molecule has 1 fully saturated rings. The third-order valence-electron chi connectivity index (χ3n) is 3.18. The lowest BCUT2D eigenvalue weighted by atomic mass is 10.3. The maximum absolute atomic E-state index is 12.6. The van der Waals surface area contributed by atoms with Gasteiger partial charge < -0.3 is 5.32 Å². The summed E-state index contributed by atoms with van der Waals surface area (Å²) in [5.74, 6) is 0. The second-order valence-corrected chi connectivity index (χ2v) is 6.45. The van der Waals surface area contributed by atoms with E-state index in [-0.39, 0.29) is 6.04 Å². The topological polar surface area (TPSA) is 67.2 Å². The lowest BCUT2D eigenvalue weighted by Crippen LogP contribution is -2.52. The number of aromatic nitrogens is 2. The average molecular weight is 272 g/mol. The van der Waals surface area contributed by atoms with E-state index in [1.54, 1.807) is 15.1 Å². The van der Waals surface area contributed by atoms with Gasteiger partial charge >= 0.3 is 0 Å². The van der Waals surface area contributed by atoms with Gasteiger partial charge in [0, 0.05) is 32.2 Å². The molecular formula is C11H20N4O2S. The maximum atomic E-state index is 12.6. The van der Waals surface area contributed by atoms with Gasteiger partial charge in [0.1, 0.15) is 0 Å². The molecule has 1 aromatic heterocycles. The summed E-state index contributed by atoms with van der Waals surface area (Å²) in [5.41, 5.74) is 0.734. The minimum absolute atomic E-state index is 0.0238. The van der Waals surface area contributed by atoms with Crippen molar-refractivity contribution in [3.05, 3.63) is 11.8 Å². The van der Waals surface area contributed by atoms with Crippen LogP contribution in [0.1, 0.15) is 19.5 Å². The first-order valence-corrected chi connectivity index (χ1v) is 7.68. The fourth-order valence-corrected chi connectivity index (χ4v) is 4.13. The Kier molecular flexibility index (Phi) is 3.74. The van der Waals surface area contributed by atoms with Crippen LogP contribution >= 0.6 is 0 Å². The smallest absolute Gasteiger partial charge is 0.260 e. The van der Waals surface area contributed by atoms with Crippen LogP contribution in [0.25, 0.3) is 0 Å². The number of piperazine rings is 1. The van der Waals surface area contributed by atoms with Gasteiger partial charge in [0.05, 0.1) is 5.69 Å². The van der Waals surface area contributed by atoms with Crippen molar-refractivity contribution in [1.82, 2.24) is 19.4 Å². The third-order valence-corrected chi connectivity index (χ3v) is 5.20. The summed E-state index contributed by atoms with van der Waals surface area (Å²) in [6.45, 7) is 8.09. The Hall–Kier alpha value is -0.920. The Morgan fingerprint density at radius 2 is 2.28 bits per heavy atom. The molecule has 7 heteroatoms. The van der Waals surface area contributed by atoms with Gasteiger partial charge in [-0.25, -0.2) is 8.42 Å². The fraction of sp³-hybridized carbons (Fsp3) is 0.727. The molecule has 1 aliphatic rings.